The zero-order valence-electron chi connectivity index (χ0n) is 19.9. The normalized spacial score (nSPS) is 47.9. The van der Waals surface area contributed by atoms with Gasteiger partial charge in [0, 0.05) is 25.6 Å². The van der Waals surface area contributed by atoms with E-state index >= 15 is 0 Å². The second-order valence-electron chi connectivity index (χ2n) is 11.7. The minimum absolute atomic E-state index is 0.0362. The van der Waals surface area contributed by atoms with Gasteiger partial charge in [-0.05, 0) is 72.7 Å². The SMILES string of the molecule is C=C1C(=O)C23CC[C@H]1CC2[C@]1(CC)CCC[C@@](C)(CC)C1C(CN1CCOCC1)C3=O. The highest BCUT2D eigenvalue weighted by atomic mass is 16.5. The Labute approximate surface area is 188 Å². The molecule has 1 aliphatic heterocycles. The fourth-order valence-corrected chi connectivity index (χ4v) is 9.25. The Morgan fingerprint density at radius 2 is 1.84 bits per heavy atom. The van der Waals surface area contributed by atoms with Crippen LogP contribution >= 0.6 is 0 Å². The van der Waals surface area contributed by atoms with Crippen molar-refractivity contribution in [2.45, 2.75) is 72.1 Å². The lowest BCUT2D eigenvalue weighted by Crippen LogP contribution is -2.71. The third-order valence-corrected chi connectivity index (χ3v) is 10.8. The lowest BCUT2D eigenvalue weighted by atomic mass is 9.33. The first kappa shape index (κ1) is 21.8. The molecule has 6 aliphatic rings. The van der Waals surface area contributed by atoms with E-state index in [1.165, 1.54) is 19.3 Å². The molecule has 1 spiro atoms. The summed E-state index contributed by atoms with van der Waals surface area (Å²) in [4.78, 5) is 30.8. The molecule has 6 fully saturated rings. The maximum absolute atomic E-state index is 14.6. The van der Waals surface area contributed by atoms with Crippen molar-refractivity contribution in [1.82, 2.24) is 4.90 Å². The molecule has 0 aromatic rings. The van der Waals surface area contributed by atoms with Gasteiger partial charge in [0.15, 0.2) is 11.6 Å². The Morgan fingerprint density at radius 3 is 2.52 bits per heavy atom. The van der Waals surface area contributed by atoms with Gasteiger partial charge in [0.05, 0.1) is 18.6 Å². The molecular formula is C27H41NO3. The third-order valence-electron chi connectivity index (χ3n) is 10.8. The lowest BCUT2D eigenvalue weighted by molar-refractivity contribution is -0.206. The predicted octanol–water partition coefficient (Wildman–Crippen LogP) is 4.67. The van der Waals surface area contributed by atoms with Crippen molar-refractivity contribution < 1.29 is 14.3 Å². The molecule has 4 nitrogen and oxygen atoms in total. The quantitative estimate of drug-likeness (QED) is 0.483. The van der Waals surface area contributed by atoms with E-state index in [1.807, 2.05) is 0 Å². The van der Waals surface area contributed by atoms with E-state index in [-0.39, 0.29) is 28.4 Å². The summed E-state index contributed by atoms with van der Waals surface area (Å²) < 4.78 is 5.60. The number of carbonyl (C=O) groups is 2. The average Bonchev–Trinajstić information content (AvgIpc) is 2.80. The van der Waals surface area contributed by atoms with Gasteiger partial charge < -0.3 is 4.74 Å². The number of fused-ring (bicyclic) bond motifs is 3. The number of hydrogen-bond donors (Lipinski definition) is 0. The molecule has 4 unspecified atom stereocenters. The molecular weight excluding hydrogens is 386 g/mol. The van der Waals surface area contributed by atoms with Gasteiger partial charge in [-0.2, -0.15) is 0 Å². The lowest BCUT2D eigenvalue weighted by Gasteiger charge is -2.69. The summed E-state index contributed by atoms with van der Waals surface area (Å²) in [6.07, 6.45) is 8.63. The summed E-state index contributed by atoms with van der Waals surface area (Å²) in [5.41, 5.74) is 0.281. The van der Waals surface area contributed by atoms with Crippen LogP contribution < -0.4 is 0 Å². The zero-order chi connectivity index (χ0) is 22.0. The summed E-state index contributed by atoms with van der Waals surface area (Å²) in [5, 5.41) is 0. The Hall–Kier alpha value is -1.00. The smallest absolute Gasteiger partial charge is 0.172 e. The predicted molar refractivity (Wildman–Crippen MR) is 122 cm³/mol. The molecule has 5 saturated carbocycles. The molecule has 6 rings (SSSR count). The molecule has 0 amide bonds. The van der Waals surface area contributed by atoms with Crippen LogP contribution in [0, 0.1) is 39.9 Å². The van der Waals surface area contributed by atoms with Gasteiger partial charge in [0.25, 0.3) is 0 Å². The highest BCUT2D eigenvalue weighted by Crippen LogP contribution is 2.72. The number of carbonyl (C=O) groups excluding carboxylic acids is 2. The summed E-state index contributed by atoms with van der Waals surface area (Å²) >= 11 is 0. The van der Waals surface area contributed by atoms with E-state index in [2.05, 4.69) is 32.3 Å². The fourth-order valence-electron chi connectivity index (χ4n) is 9.25. The van der Waals surface area contributed by atoms with Crippen LogP contribution in [0.4, 0.5) is 0 Å². The molecule has 0 radical (unpaired) electrons. The largest absolute Gasteiger partial charge is 0.379 e. The van der Waals surface area contributed by atoms with Crippen molar-refractivity contribution in [3.63, 3.8) is 0 Å². The molecule has 1 saturated heterocycles. The maximum atomic E-state index is 14.6. The van der Waals surface area contributed by atoms with Gasteiger partial charge >= 0.3 is 0 Å². The fraction of sp³-hybridized carbons (Fsp3) is 0.852. The summed E-state index contributed by atoms with van der Waals surface area (Å²) in [7, 11) is 0. The highest BCUT2D eigenvalue weighted by Gasteiger charge is 2.73. The topological polar surface area (TPSA) is 46.6 Å². The molecule has 0 aromatic carbocycles. The van der Waals surface area contributed by atoms with Crippen molar-refractivity contribution in [1.29, 1.82) is 0 Å². The Balaban J connectivity index is 1.65. The van der Waals surface area contributed by atoms with Crippen molar-refractivity contribution >= 4 is 11.6 Å². The summed E-state index contributed by atoms with van der Waals surface area (Å²) in [5.74, 6) is 1.31. The number of hydrogen-bond acceptors (Lipinski definition) is 4. The van der Waals surface area contributed by atoms with Gasteiger partial charge in [-0.1, -0.05) is 40.2 Å². The summed E-state index contributed by atoms with van der Waals surface area (Å²) in [6.45, 7) is 15.5. The van der Waals surface area contributed by atoms with Gasteiger partial charge in [-0.3, -0.25) is 14.5 Å². The first-order chi connectivity index (χ1) is 14.8. The van der Waals surface area contributed by atoms with Crippen molar-refractivity contribution in [3.05, 3.63) is 12.2 Å². The van der Waals surface area contributed by atoms with Crippen LogP contribution in [0.15, 0.2) is 12.2 Å². The first-order valence-electron chi connectivity index (χ1n) is 12.9. The molecule has 7 atom stereocenters. The number of allylic oxidation sites excluding steroid dienone is 1. The first-order valence-corrected chi connectivity index (χ1v) is 12.9. The van der Waals surface area contributed by atoms with Crippen LogP contribution in [0.1, 0.15) is 72.1 Å². The van der Waals surface area contributed by atoms with E-state index in [9.17, 15) is 9.59 Å². The number of morpholine rings is 1. The Morgan fingerprint density at radius 1 is 1.10 bits per heavy atom. The van der Waals surface area contributed by atoms with Gasteiger partial charge in [-0.25, -0.2) is 0 Å². The van der Waals surface area contributed by atoms with Crippen LogP contribution in [0.5, 0.6) is 0 Å². The van der Waals surface area contributed by atoms with Crippen molar-refractivity contribution in [3.8, 4) is 0 Å². The van der Waals surface area contributed by atoms with Crippen LogP contribution in [0.2, 0.25) is 0 Å². The molecule has 0 aromatic heterocycles. The number of ether oxygens (including phenoxy) is 1. The number of Topliss-reactive ketones (excluding diaryl/α,β-unsaturated/α-hetero) is 2. The molecule has 2 bridgehead atoms. The van der Waals surface area contributed by atoms with Gasteiger partial charge in [-0.15, -0.1) is 0 Å². The van der Waals surface area contributed by atoms with E-state index in [4.69, 9.17) is 4.74 Å². The molecule has 5 aliphatic carbocycles. The van der Waals surface area contributed by atoms with E-state index in [0.717, 1.165) is 70.5 Å². The molecule has 31 heavy (non-hydrogen) atoms. The molecule has 4 heteroatoms. The zero-order valence-corrected chi connectivity index (χ0v) is 19.9. The van der Waals surface area contributed by atoms with E-state index in [1.54, 1.807) is 0 Å². The van der Waals surface area contributed by atoms with E-state index in [0.29, 0.717) is 17.6 Å². The standard InChI is InChI=1S/C27H41NO3/c1-5-25(4)9-7-10-26(6-2)21-16-19-8-11-27(21,23(29)18(19)3)24(30)20(22(25)26)17-28-12-14-31-15-13-28/h19-22H,3,5-17H2,1-2,4H3/t19-,20?,21?,22?,25+,26-,27?/m0/s1. The van der Waals surface area contributed by atoms with Crippen molar-refractivity contribution in [2.24, 2.45) is 39.9 Å². The van der Waals surface area contributed by atoms with E-state index < -0.39 is 5.41 Å². The average molecular weight is 428 g/mol. The number of rotatable bonds is 4. The van der Waals surface area contributed by atoms with Crippen LogP contribution in [-0.4, -0.2) is 49.3 Å². The van der Waals surface area contributed by atoms with Gasteiger partial charge in [0.2, 0.25) is 0 Å². The van der Waals surface area contributed by atoms with Gasteiger partial charge in [0.1, 0.15) is 0 Å². The Bertz CT molecular complexity index is 785. The monoisotopic (exact) mass is 427 g/mol. The number of ketones is 2. The second-order valence-corrected chi connectivity index (χ2v) is 11.7. The Kier molecular flexibility index (Phi) is 5.29. The van der Waals surface area contributed by atoms with Crippen LogP contribution in [0.25, 0.3) is 0 Å². The van der Waals surface area contributed by atoms with Crippen LogP contribution in [0.3, 0.4) is 0 Å². The third kappa shape index (κ3) is 2.79. The summed E-state index contributed by atoms with van der Waals surface area (Å²) in [6, 6.07) is 0. The molecule has 1 heterocycles. The molecule has 0 N–H and O–H groups in total. The number of nitrogens with zero attached hydrogens (tertiary/aromatic N) is 1. The minimum atomic E-state index is -0.776. The van der Waals surface area contributed by atoms with Crippen molar-refractivity contribution in [2.75, 3.05) is 32.8 Å². The highest BCUT2D eigenvalue weighted by molar-refractivity contribution is 6.17. The van der Waals surface area contributed by atoms with Crippen LogP contribution in [-0.2, 0) is 14.3 Å². The molecule has 172 valence electrons. The second kappa shape index (κ2) is 7.52. The minimum Gasteiger partial charge on any atom is -0.379 e. The maximum Gasteiger partial charge on any atom is 0.172 e.